The van der Waals surface area contributed by atoms with Crippen molar-refractivity contribution in [1.82, 2.24) is 10.3 Å². The summed E-state index contributed by atoms with van der Waals surface area (Å²) in [4.78, 5) is 4.44. The average Bonchev–Trinajstić information content (AvgIpc) is 2.64. The van der Waals surface area contributed by atoms with Crippen LogP contribution in [0.3, 0.4) is 0 Å². The maximum absolute atomic E-state index is 8.63. The summed E-state index contributed by atoms with van der Waals surface area (Å²) in [6.07, 6.45) is 3.12. The summed E-state index contributed by atoms with van der Waals surface area (Å²) in [7, 11) is 0. The highest BCUT2D eigenvalue weighted by atomic mass is 32.1. The highest BCUT2D eigenvalue weighted by Gasteiger charge is 2.06. The van der Waals surface area contributed by atoms with Gasteiger partial charge in [0.25, 0.3) is 0 Å². The Kier molecular flexibility index (Phi) is 5.83. The van der Waals surface area contributed by atoms with Crippen LogP contribution in [0, 0.1) is 6.92 Å². The van der Waals surface area contributed by atoms with Gasteiger partial charge in [0, 0.05) is 18.0 Å². The van der Waals surface area contributed by atoms with Crippen molar-refractivity contribution in [3.63, 3.8) is 0 Å². The molecular formula is C11H20N2OS. The average molecular weight is 228 g/mol. The number of hydrogen-bond donors (Lipinski definition) is 2. The van der Waals surface area contributed by atoms with E-state index in [4.69, 9.17) is 5.11 Å². The zero-order valence-electron chi connectivity index (χ0n) is 9.49. The highest BCUT2D eigenvalue weighted by molar-refractivity contribution is 7.09. The minimum atomic E-state index is 0.306. The van der Waals surface area contributed by atoms with E-state index in [1.165, 1.54) is 0 Å². The summed E-state index contributed by atoms with van der Waals surface area (Å²) in [5.74, 6) is 0. The molecule has 1 rings (SSSR count). The number of aliphatic hydroxyl groups excluding tert-OH is 1. The van der Waals surface area contributed by atoms with Crippen LogP contribution < -0.4 is 5.32 Å². The molecule has 0 aliphatic heterocycles. The molecule has 15 heavy (non-hydrogen) atoms. The molecular weight excluding hydrogens is 208 g/mol. The number of nitrogens with one attached hydrogen (secondary N) is 1. The van der Waals surface area contributed by atoms with Crippen molar-refractivity contribution in [1.29, 1.82) is 0 Å². The van der Waals surface area contributed by atoms with Crippen molar-refractivity contribution in [2.75, 3.05) is 13.2 Å². The number of nitrogens with zero attached hydrogens (tertiary/aromatic N) is 1. The molecule has 2 N–H and O–H groups in total. The largest absolute Gasteiger partial charge is 0.396 e. The molecule has 0 fully saturated rings. The van der Waals surface area contributed by atoms with Gasteiger partial charge in [0.15, 0.2) is 0 Å². The first-order valence-electron chi connectivity index (χ1n) is 5.50. The minimum Gasteiger partial charge on any atom is -0.396 e. The topological polar surface area (TPSA) is 45.2 Å². The van der Waals surface area contributed by atoms with Crippen LogP contribution in [-0.2, 0) is 0 Å². The summed E-state index contributed by atoms with van der Waals surface area (Å²) in [6, 6.07) is 0.337. The first-order valence-corrected chi connectivity index (χ1v) is 6.38. The van der Waals surface area contributed by atoms with E-state index in [9.17, 15) is 0 Å². The van der Waals surface area contributed by atoms with Crippen LogP contribution >= 0.6 is 11.3 Å². The van der Waals surface area contributed by atoms with Crippen LogP contribution in [0.25, 0.3) is 0 Å². The Labute approximate surface area is 95.6 Å². The van der Waals surface area contributed by atoms with E-state index in [0.717, 1.165) is 36.5 Å². The smallest absolute Gasteiger partial charge is 0.0898 e. The molecule has 0 radical (unpaired) electrons. The van der Waals surface area contributed by atoms with E-state index in [-0.39, 0.29) is 0 Å². The third-order valence-corrected chi connectivity index (χ3v) is 3.16. The Morgan fingerprint density at radius 1 is 1.47 bits per heavy atom. The quantitative estimate of drug-likeness (QED) is 0.704. The van der Waals surface area contributed by atoms with Crippen LogP contribution in [0.2, 0.25) is 0 Å². The van der Waals surface area contributed by atoms with Crippen molar-refractivity contribution >= 4 is 11.3 Å². The zero-order valence-corrected chi connectivity index (χ0v) is 10.3. The second kappa shape index (κ2) is 6.93. The molecule has 0 aromatic carbocycles. The fourth-order valence-electron chi connectivity index (χ4n) is 1.42. The lowest BCUT2D eigenvalue weighted by Gasteiger charge is -2.10. The number of unbranched alkanes of at least 4 members (excludes halogenated alkanes) is 2. The van der Waals surface area contributed by atoms with Gasteiger partial charge >= 0.3 is 0 Å². The van der Waals surface area contributed by atoms with E-state index in [0.29, 0.717) is 12.6 Å². The third-order valence-electron chi connectivity index (χ3n) is 2.37. The second-order valence-electron chi connectivity index (χ2n) is 3.75. The highest BCUT2D eigenvalue weighted by Crippen LogP contribution is 2.15. The second-order valence-corrected chi connectivity index (χ2v) is 4.81. The van der Waals surface area contributed by atoms with E-state index in [2.05, 4.69) is 22.6 Å². The van der Waals surface area contributed by atoms with Crippen molar-refractivity contribution in [3.8, 4) is 0 Å². The zero-order chi connectivity index (χ0) is 11.1. The maximum atomic E-state index is 8.63. The van der Waals surface area contributed by atoms with Gasteiger partial charge < -0.3 is 10.4 Å². The van der Waals surface area contributed by atoms with Gasteiger partial charge in [-0.3, -0.25) is 0 Å². The van der Waals surface area contributed by atoms with Crippen LogP contribution in [0.15, 0.2) is 5.38 Å². The predicted octanol–water partition coefficient (Wildman–Crippen LogP) is 2.26. The van der Waals surface area contributed by atoms with Crippen LogP contribution in [0.4, 0.5) is 0 Å². The van der Waals surface area contributed by atoms with Gasteiger partial charge in [-0.05, 0) is 39.7 Å². The summed E-state index contributed by atoms with van der Waals surface area (Å²) < 4.78 is 0. The lowest BCUT2D eigenvalue weighted by atomic mass is 10.2. The Bertz CT molecular complexity index is 275. The minimum absolute atomic E-state index is 0.306. The molecule has 3 nitrogen and oxygen atoms in total. The standard InChI is InChI=1S/C11H20N2OS/c1-9(11-8-15-10(2)13-11)12-6-4-3-5-7-14/h8-9,12,14H,3-7H2,1-2H3. The fraction of sp³-hybridized carbons (Fsp3) is 0.727. The van der Waals surface area contributed by atoms with E-state index >= 15 is 0 Å². The van der Waals surface area contributed by atoms with Gasteiger partial charge in [0.1, 0.15) is 0 Å². The SMILES string of the molecule is Cc1nc(C(C)NCCCCCO)cs1. The molecule has 1 aromatic heterocycles. The molecule has 0 spiro atoms. The van der Waals surface area contributed by atoms with Gasteiger partial charge in [0.2, 0.25) is 0 Å². The van der Waals surface area contributed by atoms with Gasteiger partial charge in [-0.15, -0.1) is 11.3 Å². The number of hydrogen-bond acceptors (Lipinski definition) is 4. The predicted molar refractivity (Wildman–Crippen MR) is 64.2 cm³/mol. The summed E-state index contributed by atoms with van der Waals surface area (Å²) in [5, 5.41) is 15.3. The number of aryl methyl sites for hydroxylation is 1. The molecule has 86 valence electrons. The maximum Gasteiger partial charge on any atom is 0.0898 e. The van der Waals surface area contributed by atoms with Crippen LogP contribution in [0.1, 0.15) is 42.9 Å². The van der Waals surface area contributed by atoms with Crippen molar-refractivity contribution in [3.05, 3.63) is 16.1 Å². The van der Waals surface area contributed by atoms with Crippen molar-refractivity contribution in [2.45, 2.75) is 39.2 Å². The Hall–Kier alpha value is -0.450. The van der Waals surface area contributed by atoms with E-state index in [1.54, 1.807) is 11.3 Å². The first kappa shape index (κ1) is 12.6. The molecule has 0 aliphatic rings. The Balaban J connectivity index is 2.16. The van der Waals surface area contributed by atoms with Gasteiger partial charge in [0.05, 0.1) is 10.7 Å². The third kappa shape index (κ3) is 4.73. The summed E-state index contributed by atoms with van der Waals surface area (Å²) >= 11 is 1.70. The molecule has 1 atom stereocenters. The molecule has 0 aliphatic carbocycles. The molecule has 1 heterocycles. The van der Waals surface area contributed by atoms with E-state index < -0.39 is 0 Å². The van der Waals surface area contributed by atoms with Crippen molar-refractivity contribution < 1.29 is 5.11 Å². The van der Waals surface area contributed by atoms with Gasteiger partial charge in [-0.1, -0.05) is 0 Å². The Morgan fingerprint density at radius 3 is 2.87 bits per heavy atom. The summed E-state index contributed by atoms with van der Waals surface area (Å²) in [6.45, 7) is 5.47. The Morgan fingerprint density at radius 2 is 2.27 bits per heavy atom. The molecule has 1 aromatic rings. The monoisotopic (exact) mass is 228 g/mol. The summed E-state index contributed by atoms with van der Waals surface area (Å²) in [5.41, 5.74) is 1.14. The fourth-order valence-corrected chi connectivity index (χ4v) is 2.12. The number of thiazole rings is 1. The van der Waals surface area contributed by atoms with Crippen LogP contribution in [0.5, 0.6) is 0 Å². The molecule has 0 saturated heterocycles. The van der Waals surface area contributed by atoms with E-state index in [1.807, 2.05) is 6.92 Å². The normalized spacial score (nSPS) is 13.0. The lowest BCUT2D eigenvalue weighted by molar-refractivity contribution is 0.282. The number of rotatable bonds is 7. The van der Waals surface area contributed by atoms with Gasteiger partial charge in [-0.2, -0.15) is 0 Å². The first-order chi connectivity index (χ1) is 7.24. The molecule has 0 bridgehead atoms. The van der Waals surface area contributed by atoms with Gasteiger partial charge in [-0.25, -0.2) is 4.98 Å². The molecule has 4 heteroatoms. The van der Waals surface area contributed by atoms with Crippen LogP contribution in [-0.4, -0.2) is 23.2 Å². The number of aliphatic hydroxyl groups is 1. The van der Waals surface area contributed by atoms with Crippen molar-refractivity contribution in [2.24, 2.45) is 0 Å². The molecule has 0 amide bonds. The molecule has 0 saturated carbocycles. The number of aromatic nitrogens is 1. The molecule has 1 unspecified atom stereocenters. The lowest BCUT2D eigenvalue weighted by Crippen LogP contribution is -2.20.